The fraction of sp³-hybridized carbons (Fsp3) is 0.381. The molecular formula is C21H24F2N2O2. The molecule has 0 spiro atoms. The second kappa shape index (κ2) is 8.95. The van der Waals surface area contributed by atoms with Crippen molar-refractivity contribution >= 4 is 11.6 Å². The number of hydrogen-bond acceptors (Lipinski definition) is 3. The molecule has 0 bridgehead atoms. The summed E-state index contributed by atoms with van der Waals surface area (Å²) in [5.41, 5.74) is 1.47. The average molecular weight is 374 g/mol. The van der Waals surface area contributed by atoms with Crippen molar-refractivity contribution in [1.29, 1.82) is 0 Å². The number of benzene rings is 2. The molecule has 144 valence electrons. The number of ether oxygens (including phenoxy) is 1. The number of carbonyl (C=O) groups excluding carboxylic acids is 1. The highest BCUT2D eigenvalue weighted by atomic mass is 19.2. The van der Waals surface area contributed by atoms with Crippen LogP contribution in [0.1, 0.15) is 25.3 Å². The number of anilines is 1. The molecule has 4 nitrogen and oxygen atoms in total. The lowest BCUT2D eigenvalue weighted by Crippen LogP contribution is -2.37. The zero-order chi connectivity index (χ0) is 19.2. The Morgan fingerprint density at radius 2 is 1.93 bits per heavy atom. The van der Waals surface area contributed by atoms with Crippen LogP contribution in [-0.2, 0) is 11.3 Å². The van der Waals surface area contributed by atoms with Crippen molar-refractivity contribution in [3.8, 4) is 5.75 Å². The van der Waals surface area contributed by atoms with Crippen LogP contribution < -0.4 is 10.1 Å². The molecule has 0 unspecified atom stereocenters. The van der Waals surface area contributed by atoms with Crippen molar-refractivity contribution in [2.24, 2.45) is 5.92 Å². The number of halogens is 2. The maximum atomic E-state index is 13.3. The lowest BCUT2D eigenvalue weighted by molar-refractivity contribution is -0.121. The molecule has 0 radical (unpaired) electrons. The molecule has 1 N–H and O–H groups in total. The predicted octanol–water partition coefficient (Wildman–Crippen LogP) is 4.21. The van der Waals surface area contributed by atoms with E-state index in [9.17, 15) is 13.6 Å². The van der Waals surface area contributed by atoms with E-state index >= 15 is 0 Å². The first-order valence-corrected chi connectivity index (χ1v) is 9.25. The van der Waals surface area contributed by atoms with Gasteiger partial charge in [0, 0.05) is 24.2 Å². The molecule has 0 aliphatic carbocycles. The minimum Gasteiger partial charge on any atom is -0.494 e. The van der Waals surface area contributed by atoms with Crippen LogP contribution in [0.3, 0.4) is 0 Å². The summed E-state index contributed by atoms with van der Waals surface area (Å²) in [4.78, 5) is 14.7. The van der Waals surface area contributed by atoms with E-state index in [0.29, 0.717) is 6.61 Å². The van der Waals surface area contributed by atoms with E-state index in [1.54, 1.807) is 0 Å². The Morgan fingerprint density at radius 1 is 1.15 bits per heavy atom. The SMILES string of the molecule is CCOc1cccc(CN2CCC(C(=O)Nc3ccc(F)c(F)c3)CC2)c1. The molecule has 1 amide bonds. The highest BCUT2D eigenvalue weighted by Crippen LogP contribution is 2.23. The molecular weight excluding hydrogens is 350 g/mol. The van der Waals surface area contributed by atoms with Gasteiger partial charge >= 0.3 is 0 Å². The summed E-state index contributed by atoms with van der Waals surface area (Å²) >= 11 is 0. The van der Waals surface area contributed by atoms with Gasteiger partial charge < -0.3 is 10.1 Å². The summed E-state index contributed by atoms with van der Waals surface area (Å²) < 4.78 is 31.8. The summed E-state index contributed by atoms with van der Waals surface area (Å²) in [5.74, 6) is -1.27. The second-order valence-corrected chi connectivity index (χ2v) is 6.75. The van der Waals surface area contributed by atoms with Crippen LogP contribution in [0.25, 0.3) is 0 Å². The van der Waals surface area contributed by atoms with Crippen LogP contribution >= 0.6 is 0 Å². The third-order valence-corrected chi connectivity index (χ3v) is 4.76. The summed E-state index contributed by atoms with van der Waals surface area (Å²) in [7, 11) is 0. The normalized spacial score (nSPS) is 15.5. The van der Waals surface area contributed by atoms with E-state index in [1.165, 1.54) is 11.6 Å². The van der Waals surface area contributed by atoms with Crippen LogP contribution in [-0.4, -0.2) is 30.5 Å². The third-order valence-electron chi connectivity index (χ3n) is 4.76. The summed E-state index contributed by atoms with van der Waals surface area (Å²) in [5, 5.41) is 2.69. The first kappa shape index (κ1) is 19.3. The van der Waals surface area contributed by atoms with Gasteiger partial charge in [-0.25, -0.2) is 8.78 Å². The van der Waals surface area contributed by atoms with Crippen molar-refractivity contribution in [2.75, 3.05) is 25.0 Å². The van der Waals surface area contributed by atoms with Crippen molar-refractivity contribution in [2.45, 2.75) is 26.3 Å². The number of likely N-dealkylation sites (tertiary alicyclic amines) is 1. The molecule has 0 aromatic heterocycles. The Bertz CT molecular complexity index is 790. The largest absolute Gasteiger partial charge is 0.494 e. The van der Waals surface area contributed by atoms with Crippen LogP contribution in [0.15, 0.2) is 42.5 Å². The molecule has 2 aromatic carbocycles. The molecule has 1 heterocycles. The van der Waals surface area contributed by atoms with Gasteiger partial charge in [-0.1, -0.05) is 12.1 Å². The van der Waals surface area contributed by atoms with Gasteiger partial charge in [0.2, 0.25) is 5.91 Å². The van der Waals surface area contributed by atoms with E-state index in [-0.39, 0.29) is 17.5 Å². The monoisotopic (exact) mass is 374 g/mol. The maximum Gasteiger partial charge on any atom is 0.227 e. The summed E-state index contributed by atoms with van der Waals surface area (Å²) in [6, 6.07) is 11.5. The highest BCUT2D eigenvalue weighted by molar-refractivity contribution is 5.92. The fourth-order valence-electron chi connectivity index (χ4n) is 3.33. The Balaban J connectivity index is 1.50. The topological polar surface area (TPSA) is 41.6 Å². The van der Waals surface area contributed by atoms with Crippen molar-refractivity contribution < 1.29 is 18.3 Å². The first-order valence-electron chi connectivity index (χ1n) is 9.25. The number of rotatable bonds is 6. The van der Waals surface area contributed by atoms with Gasteiger partial charge in [-0.15, -0.1) is 0 Å². The van der Waals surface area contributed by atoms with Crippen LogP contribution in [0, 0.1) is 17.6 Å². The van der Waals surface area contributed by atoms with E-state index < -0.39 is 11.6 Å². The van der Waals surface area contributed by atoms with Gasteiger partial charge in [-0.2, -0.15) is 0 Å². The minimum absolute atomic E-state index is 0.121. The van der Waals surface area contributed by atoms with Crippen LogP contribution in [0.2, 0.25) is 0 Å². The smallest absolute Gasteiger partial charge is 0.227 e. The van der Waals surface area contributed by atoms with Crippen LogP contribution in [0.5, 0.6) is 5.75 Å². The van der Waals surface area contributed by atoms with Gasteiger partial charge in [-0.3, -0.25) is 9.69 Å². The maximum absolute atomic E-state index is 13.3. The Morgan fingerprint density at radius 3 is 2.63 bits per heavy atom. The minimum atomic E-state index is -0.961. The zero-order valence-electron chi connectivity index (χ0n) is 15.4. The van der Waals surface area contributed by atoms with Crippen molar-refractivity contribution in [1.82, 2.24) is 4.90 Å². The second-order valence-electron chi connectivity index (χ2n) is 6.75. The molecule has 1 aliphatic heterocycles. The average Bonchev–Trinajstić information content (AvgIpc) is 2.66. The highest BCUT2D eigenvalue weighted by Gasteiger charge is 2.25. The van der Waals surface area contributed by atoms with Gasteiger partial charge in [0.05, 0.1) is 6.61 Å². The Kier molecular flexibility index (Phi) is 6.40. The summed E-state index contributed by atoms with van der Waals surface area (Å²) in [6.45, 7) is 5.05. The number of nitrogens with one attached hydrogen (secondary N) is 1. The number of piperidine rings is 1. The third kappa shape index (κ3) is 5.26. The fourth-order valence-corrected chi connectivity index (χ4v) is 3.33. The molecule has 27 heavy (non-hydrogen) atoms. The standard InChI is InChI=1S/C21H24F2N2O2/c1-2-27-18-5-3-4-15(12-18)14-25-10-8-16(9-11-25)21(26)24-17-6-7-19(22)20(23)13-17/h3-7,12-13,16H,2,8-11,14H2,1H3,(H,24,26). The molecule has 0 saturated carbocycles. The number of hydrogen-bond donors (Lipinski definition) is 1. The summed E-state index contributed by atoms with van der Waals surface area (Å²) in [6.07, 6.45) is 1.47. The van der Waals surface area contributed by atoms with E-state index in [4.69, 9.17) is 4.74 Å². The van der Waals surface area contributed by atoms with Gasteiger partial charge in [0.1, 0.15) is 5.75 Å². The number of amides is 1. The number of carbonyl (C=O) groups is 1. The first-order chi connectivity index (χ1) is 13.0. The molecule has 3 rings (SSSR count). The van der Waals surface area contributed by atoms with Gasteiger partial charge in [-0.05, 0) is 62.7 Å². The van der Waals surface area contributed by atoms with E-state index in [1.807, 2.05) is 25.1 Å². The quantitative estimate of drug-likeness (QED) is 0.823. The Hall–Kier alpha value is -2.47. The van der Waals surface area contributed by atoms with Crippen molar-refractivity contribution in [3.63, 3.8) is 0 Å². The van der Waals surface area contributed by atoms with Crippen LogP contribution in [0.4, 0.5) is 14.5 Å². The molecule has 1 aliphatic rings. The van der Waals surface area contributed by atoms with Gasteiger partial charge in [0.15, 0.2) is 11.6 Å². The number of nitrogens with zero attached hydrogens (tertiary/aromatic N) is 1. The van der Waals surface area contributed by atoms with Gasteiger partial charge in [0.25, 0.3) is 0 Å². The lowest BCUT2D eigenvalue weighted by atomic mass is 9.95. The molecule has 6 heteroatoms. The predicted molar refractivity (Wildman–Crippen MR) is 101 cm³/mol. The van der Waals surface area contributed by atoms with E-state index in [2.05, 4.69) is 16.3 Å². The molecule has 1 fully saturated rings. The molecule has 2 aromatic rings. The van der Waals surface area contributed by atoms with E-state index in [0.717, 1.165) is 50.4 Å². The molecule has 1 saturated heterocycles. The molecule has 0 atom stereocenters. The lowest BCUT2D eigenvalue weighted by Gasteiger charge is -2.31. The van der Waals surface area contributed by atoms with Crippen molar-refractivity contribution in [3.05, 3.63) is 59.7 Å². The Labute approximate surface area is 158 Å². The zero-order valence-corrected chi connectivity index (χ0v) is 15.4.